The van der Waals surface area contributed by atoms with Gasteiger partial charge < -0.3 is 5.43 Å². The molecule has 0 radical (unpaired) electrons. The summed E-state index contributed by atoms with van der Waals surface area (Å²) in [5.74, 6) is 5.25. The maximum atomic E-state index is 5.25. The van der Waals surface area contributed by atoms with Crippen molar-refractivity contribution < 1.29 is 0 Å². The normalized spacial score (nSPS) is 10.1. The first-order valence-electron chi connectivity index (χ1n) is 4.15. The van der Waals surface area contributed by atoms with Gasteiger partial charge in [-0.05, 0) is 22.9 Å². The van der Waals surface area contributed by atoms with Crippen molar-refractivity contribution in [2.45, 2.75) is 6.54 Å². The molecule has 0 bridgehead atoms. The Balaban J connectivity index is 2.10. The van der Waals surface area contributed by atoms with E-state index in [1.54, 1.807) is 0 Å². The Labute approximate surface area is 80.7 Å². The summed E-state index contributed by atoms with van der Waals surface area (Å²) in [5.41, 5.74) is 4.54. The lowest BCUT2D eigenvalue weighted by molar-refractivity contribution is 0.572. The molecular formula is C8H10N6. The van der Waals surface area contributed by atoms with E-state index < -0.39 is 0 Å². The predicted octanol–water partition coefficient (Wildman–Crippen LogP) is 0.00700. The molecule has 0 aliphatic carbocycles. The van der Waals surface area contributed by atoms with Crippen LogP contribution in [0.3, 0.4) is 0 Å². The second-order valence-electron chi connectivity index (χ2n) is 2.81. The van der Waals surface area contributed by atoms with E-state index in [0.29, 0.717) is 6.54 Å². The van der Waals surface area contributed by atoms with Crippen molar-refractivity contribution in [2.75, 3.05) is 5.43 Å². The van der Waals surface area contributed by atoms with E-state index in [1.807, 2.05) is 24.3 Å². The zero-order valence-corrected chi connectivity index (χ0v) is 7.46. The average molecular weight is 190 g/mol. The maximum absolute atomic E-state index is 5.25. The van der Waals surface area contributed by atoms with Gasteiger partial charge in [0, 0.05) is 5.69 Å². The van der Waals surface area contributed by atoms with Crippen molar-refractivity contribution >= 4 is 5.69 Å². The van der Waals surface area contributed by atoms with Crippen molar-refractivity contribution in [3.8, 4) is 0 Å². The Hall–Kier alpha value is -1.95. The summed E-state index contributed by atoms with van der Waals surface area (Å²) in [6.07, 6.45) is 1.41. The van der Waals surface area contributed by atoms with Gasteiger partial charge in [-0.1, -0.05) is 12.1 Å². The van der Waals surface area contributed by atoms with Crippen LogP contribution in [-0.4, -0.2) is 20.2 Å². The molecular weight excluding hydrogens is 180 g/mol. The average Bonchev–Trinajstić information content (AvgIpc) is 2.72. The van der Waals surface area contributed by atoms with Gasteiger partial charge in [0.25, 0.3) is 0 Å². The highest BCUT2D eigenvalue weighted by molar-refractivity contribution is 5.43. The zero-order valence-electron chi connectivity index (χ0n) is 7.46. The first kappa shape index (κ1) is 8.64. The summed E-state index contributed by atoms with van der Waals surface area (Å²) in [7, 11) is 0. The molecule has 0 aliphatic rings. The molecule has 0 aliphatic heterocycles. The third-order valence-corrected chi connectivity index (χ3v) is 1.84. The summed E-state index contributed by atoms with van der Waals surface area (Å²) in [6, 6.07) is 7.70. The highest BCUT2D eigenvalue weighted by atomic mass is 15.6. The van der Waals surface area contributed by atoms with Crippen LogP contribution in [-0.2, 0) is 6.54 Å². The number of nitrogens with one attached hydrogen (secondary N) is 1. The van der Waals surface area contributed by atoms with Gasteiger partial charge in [0.1, 0.15) is 0 Å². The number of hydrogen-bond donors (Lipinski definition) is 2. The third-order valence-electron chi connectivity index (χ3n) is 1.84. The molecule has 0 amide bonds. The highest BCUT2D eigenvalue weighted by Gasteiger charge is 1.96. The lowest BCUT2D eigenvalue weighted by atomic mass is 10.2. The molecule has 1 heterocycles. The number of anilines is 1. The van der Waals surface area contributed by atoms with Crippen LogP contribution in [0.25, 0.3) is 0 Å². The fourth-order valence-electron chi connectivity index (χ4n) is 1.13. The molecule has 3 N–H and O–H groups in total. The number of nitrogen functional groups attached to an aromatic ring is 1. The number of benzene rings is 1. The Morgan fingerprint density at radius 2 is 2.07 bits per heavy atom. The number of rotatable bonds is 3. The molecule has 6 heteroatoms. The lowest BCUT2D eigenvalue weighted by Crippen LogP contribution is -2.07. The molecule has 14 heavy (non-hydrogen) atoms. The SMILES string of the molecule is NNc1ccc(Cn2ncnn2)cc1. The number of hydrazine groups is 1. The number of nitrogens with zero attached hydrogens (tertiary/aromatic N) is 4. The van der Waals surface area contributed by atoms with Gasteiger partial charge in [0.05, 0.1) is 6.54 Å². The summed E-state index contributed by atoms with van der Waals surface area (Å²) in [6.45, 7) is 0.616. The maximum Gasteiger partial charge on any atom is 0.162 e. The van der Waals surface area contributed by atoms with E-state index in [1.165, 1.54) is 11.1 Å². The number of hydrogen-bond acceptors (Lipinski definition) is 5. The van der Waals surface area contributed by atoms with Gasteiger partial charge in [-0.15, -0.1) is 10.2 Å². The third kappa shape index (κ3) is 1.86. The van der Waals surface area contributed by atoms with Crippen molar-refractivity contribution in [1.29, 1.82) is 0 Å². The predicted molar refractivity (Wildman–Crippen MR) is 51.2 cm³/mol. The monoisotopic (exact) mass is 190 g/mol. The highest BCUT2D eigenvalue weighted by Crippen LogP contribution is 2.08. The van der Waals surface area contributed by atoms with Gasteiger partial charge in [0.15, 0.2) is 6.33 Å². The molecule has 0 saturated heterocycles. The summed E-state index contributed by atoms with van der Waals surface area (Å²) in [5, 5.41) is 11.3. The summed E-state index contributed by atoms with van der Waals surface area (Å²) < 4.78 is 0. The number of tetrazole rings is 1. The molecule has 1 aromatic heterocycles. The van der Waals surface area contributed by atoms with Crippen molar-refractivity contribution in [2.24, 2.45) is 5.84 Å². The van der Waals surface area contributed by atoms with Crippen LogP contribution in [0.5, 0.6) is 0 Å². The van der Waals surface area contributed by atoms with Crippen molar-refractivity contribution in [3.05, 3.63) is 36.2 Å². The lowest BCUT2D eigenvalue weighted by Gasteiger charge is -2.02. The Morgan fingerprint density at radius 3 is 2.64 bits per heavy atom. The molecule has 0 spiro atoms. The van der Waals surface area contributed by atoms with E-state index in [4.69, 9.17) is 5.84 Å². The van der Waals surface area contributed by atoms with Crippen LogP contribution in [0.15, 0.2) is 30.6 Å². The molecule has 1 aromatic carbocycles. The molecule has 0 unspecified atom stereocenters. The fourth-order valence-corrected chi connectivity index (χ4v) is 1.13. The molecule has 2 rings (SSSR count). The fraction of sp³-hybridized carbons (Fsp3) is 0.125. The van der Waals surface area contributed by atoms with Crippen LogP contribution >= 0.6 is 0 Å². The minimum atomic E-state index is 0.616. The van der Waals surface area contributed by atoms with Crippen molar-refractivity contribution in [1.82, 2.24) is 20.2 Å². The van der Waals surface area contributed by atoms with Crippen LogP contribution in [0.4, 0.5) is 5.69 Å². The topological polar surface area (TPSA) is 81.6 Å². The summed E-state index contributed by atoms with van der Waals surface area (Å²) >= 11 is 0. The Bertz CT molecular complexity index is 379. The van der Waals surface area contributed by atoms with E-state index in [0.717, 1.165) is 11.3 Å². The standard InChI is InChI=1S/C8H10N6/c9-12-8-3-1-7(2-4-8)5-14-11-6-10-13-14/h1-4,6,12H,5,9H2. The minimum Gasteiger partial charge on any atom is -0.324 e. The second kappa shape index (κ2) is 3.84. The minimum absolute atomic E-state index is 0.616. The van der Waals surface area contributed by atoms with Gasteiger partial charge >= 0.3 is 0 Å². The zero-order chi connectivity index (χ0) is 9.80. The summed E-state index contributed by atoms with van der Waals surface area (Å²) in [4.78, 5) is 1.52. The van der Waals surface area contributed by atoms with Gasteiger partial charge in [-0.25, -0.2) is 0 Å². The quantitative estimate of drug-likeness (QED) is 0.526. The molecule has 0 atom stereocenters. The van der Waals surface area contributed by atoms with E-state index in [9.17, 15) is 0 Å². The smallest absolute Gasteiger partial charge is 0.162 e. The van der Waals surface area contributed by atoms with Gasteiger partial charge in [-0.2, -0.15) is 4.80 Å². The number of nitrogens with two attached hydrogens (primary N) is 1. The van der Waals surface area contributed by atoms with E-state index in [-0.39, 0.29) is 0 Å². The van der Waals surface area contributed by atoms with Crippen LogP contribution in [0, 0.1) is 0 Å². The molecule has 0 saturated carbocycles. The molecule has 6 nitrogen and oxygen atoms in total. The molecule has 72 valence electrons. The van der Waals surface area contributed by atoms with Crippen molar-refractivity contribution in [3.63, 3.8) is 0 Å². The largest absolute Gasteiger partial charge is 0.324 e. The first-order valence-corrected chi connectivity index (χ1v) is 4.15. The van der Waals surface area contributed by atoms with Gasteiger partial charge in [-0.3, -0.25) is 5.84 Å². The molecule has 0 fully saturated rings. The second-order valence-corrected chi connectivity index (χ2v) is 2.81. The Morgan fingerprint density at radius 1 is 1.29 bits per heavy atom. The van der Waals surface area contributed by atoms with Gasteiger partial charge in [0.2, 0.25) is 0 Å². The Kier molecular flexibility index (Phi) is 2.37. The molecule has 2 aromatic rings. The van der Waals surface area contributed by atoms with E-state index >= 15 is 0 Å². The number of aromatic nitrogens is 4. The van der Waals surface area contributed by atoms with Crippen LogP contribution in [0.2, 0.25) is 0 Å². The first-order chi connectivity index (χ1) is 6.88. The van der Waals surface area contributed by atoms with Crippen LogP contribution < -0.4 is 11.3 Å². The van der Waals surface area contributed by atoms with E-state index in [2.05, 4.69) is 20.8 Å². The van der Waals surface area contributed by atoms with Crippen LogP contribution in [0.1, 0.15) is 5.56 Å².